The van der Waals surface area contributed by atoms with Crippen LogP contribution in [0.25, 0.3) is 0 Å². The van der Waals surface area contributed by atoms with E-state index in [4.69, 9.17) is 10.8 Å². The van der Waals surface area contributed by atoms with E-state index in [9.17, 15) is 4.79 Å². The fourth-order valence-electron chi connectivity index (χ4n) is 0.909. The Hall–Kier alpha value is -1.16. The van der Waals surface area contributed by atoms with Gasteiger partial charge in [-0.15, -0.1) is 11.8 Å². The molecule has 4 heteroatoms. The van der Waals surface area contributed by atoms with E-state index < -0.39 is 5.97 Å². The Bertz CT molecular complexity index is 312. The maximum atomic E-state index is 10.6. The number of para-hydroxylation sites is 1. The number of nitrogen functional groups attached to an aromatic ring is 1. The van der Waals surface area contributed by atoms with Gasteiger partial charge in [-0.3, -0.25) is 0 Å². The molecule has 3 nitrogen and oxygen atoms in total. The summed E-state index contributed by atoms with van der Waals surface area (Å²) in [7, 11) is 0. The standard InChI is InChI=1S/C8H9NO2S/c1-12-6-4-2-3-5(7(6)9)8(10)11/h2-4H,9H2,1H3,(H,10,11). The van der Waals surface area contributed by atoms with Crippen LogP contribution in [0.2, 0.25) is 0 Å². The summed E-state index contributed by atoms with van der Waals surface area (Å²) < 4.78 is 0. The number of nitrogens with two attached hydrogens (primary N) is 1. The molecule has 1 aromatic carbocycles. The van der Waals surface area contributed by atoms with Gasteiger partial charge in [0.15, 0.2) is 0 Å². The summed E-state index contributed by atoms with van der Waals surface area (Å²) in [6, 6.07) is 4.98. The highest BCUT2D eigenvalue weighted by molar-refractivity contribution is 7.98. The van der Waals surface area contributed by atoms with E-state index in [0.717, 1.165) is 4.90 Å². The number of hydrogen-bond acceptors (Lipinski definition) is 3. The van der Waals surface area contributed by atoms with Crippen LogP contribution in [0.3, 0.4) is 0 Å². The van der Waals surface area contributed by atoms with Gasteiger partial charge in [-0.1, -0.05) is 6.07 Å². The van der Waals surface area contributed by atoms with Crippen LogP contribution in [0, 0.1) is 0 Å². The van der Waals surface area contributed by atoms with E-state index in [0.29, 0.717) is 5.69 Å². The number of benzene rings is 1. The third kappa shape index (κ3) is 1.53. The molecule has 0 spiro atoms. The fraction of sp³-hybridized carbons (Fsp3) is 0.125. The van der Waals surface area contributed by atoms with E-state index in [-0.39, 0.29) is 5.56 Å². The molecule has 0 bridgehead atoms. The summed E-state index contributed by atoms with van der Waals surface area (Å²) in [5, 5.41) is 8.70. The first-order valence-electron chi connectivity index (χ1n) is 3.32. The molecule has 0 radical (unpaired) electrons. The van der Waals surface area contributed by atoms with Gasteiger partial charge in [-0.2, -0.15) is 0 Å². The van der Waals surface area contributed by atoms with Crippen molar-refractivity contribution in [3.63, 3.8) is 0 Å². The van der Waals surface area contributed by atoms with Gasteiger partial charge < -0.3 is 10.8 Å². The number of aromatic carboxylic acids is 1. The number of carboxylic acid groups (broad SMARTS) is 1. The summed E-state index contributed by atoms with van der Waals surface area (Å²) in [4.78, 5) is 11.4. The summed E-state index contributed by atoms with van der Waals surface area (Å²) in [5.41, 5.74) is 6.11. The lowest BCUT2D eigenvalue weighted by atomic mass is 10.2. The van der Waals surface area contributed by atoms with Crippen LogP contribution < -0.4 is 5.73 Å². The van der Waals surface area contributed by atoms with Gasteiger partial charge in [0.05, 0.1) is 11.3 Å². The molecule has 0 atom stereocenters. The second kappa shape index (κ2) is 3.49. The van der Waals surface area contributed by atoms with Crippen molar-refractivity contribution >= 4 is 23.4 Å². The number of rotatable bonds is 2. The van der Waals surface area contributed by atoms with E-state index in [1.54, 1.807) is 12.1 Å². The number of hydrogen-bond donors (Lipinski definition) is 2. The van der Waals surface area contributed by atoms with Crippen LogP contribution in [0.15, 0.2) is 23.1 Å². The molecule has 1 rings (SSSR count). The smallest absolute Gasteiger partial charge is 0.337 e. The molecule has 12 heavy (non-hydrogen) atoms. The van der Waals surface area contributed by atoms with Gasteiger partial charge in [-0.05, 0) is 18.4 Å². The molecule has 0 fully saturated rings. The molecular formula is C8H9NO2S. The van der Waals surface area contributed by atoms with E-state index in [1.807, 2.05) is 6.26 Å². The Morgan fingerprint density at radius 1 is 1.58 bits per heavy atom. The second-order valence-corrected chi connectivity index (χ2v) is 3.07. The predicted molar refractivity (Wildman–Crippen MR) is 49.6 cm³/mol. The SMILES string of the molecule is CSc1cccc(C(=O)O)c1N. The van der Waals surface area contributed by atoms with Gasteiger partial charge in [0, 0.05) is 4.90 Å². The van der Waals surface area contributed by atoms with Gasteiger partial charge in [0.2, 0.25) is 0 Å². The minimum Gasteiger partial charge on any atom is -0.478 e. The minimum atomic E-state index is -0.983. The third-order valence-corrected chi connectivity index (χ3v) is 2.31. The van der Waals surface area contributed by atoms with Crippen molar-refractivity contribution in [3.05, 3.63) is 23.8 Å². The first-order valence-corrected chi connectivity index (χ1v) is 4.55. The predicted octanol–water partition coefficient (Wildman–Crippen LogP) is 1.69. The van der Waals surface area contributed by atoms with E-state index in [2.05, 4.69) is 0 Å². The van der Waals surface area contributed by atoms with Crippen molar-refractivity contribution in [3.8, 4) is 0 Å². The van der Waals surface area contributed by atoms with Crippen LogP contribution in [0.1, 0.15) is 10.4 Å². The average Bonchev–Trinajstić information content (AvgIpc) is 2.04. The van der Waals surface area contributed by atoms with Crippen LogP contribution >= 0.6 is 11.8 Å². The Balaban J connectivity index is 3.23. The van der Waals surface area contributed by atoms with Crippen LogP contribution in [0.4, 0.5) is 5.69 Å². The molecule has 0 amide bonds. The summed E-state index contributed by atoms with van der Waals surface area (Å²) in [6.07, 6.45) is 1.86. The molecule has 1 aromatic rings. The van der Waals surface area contributed by atoms with Crippen LogP contribution in [-0.2, 0) is 0 Å². The lowest BCUT2D eigenvalue weighted by molar-refractivity contribution is 0.0698. The average molecular weight is 183 g/mol. The Labute approximate surface area is 74.6 Å². The zero-order valence-electron chi connectivity index (χ0n) is 6.57. The fourth-order valence-corrected chi connectivity index (χ4v) is 1.45. The first-order chi connectivity index (χ1) is 5.66. The van der Waals surface area contributed by atoms with Crippen LogP contribution in [0.5, 0.6) is 0 Å². The molecule has 0 aliphatic carbocycles. The van der Waals surface area contributed by atoms with Gasteiger partial charge in [0.25, 0.3) is 0 Å². The van der Waals surface area contributed by atoms with Crippen molar-refractivity contribution < 1.29 is 9.90 Å². The zero-order chi connectivity index (χ0) is 9.14. The Kier molecular flexibility index (Phi) is 2.60. The number of thioether (sulfide) groups is 1. The highest BCUT2D eigenvalue weighted by Gasteiger charge is 2.09. The maximum absolute atomic E-state index is 10.6. The van der Waals surface area contributed by atoms with E-state index in [1.165, 1.54) is 17.8 Å². The normalized spacial score (nSPS) is 9.75. The third-order valence-electron chi connectivity index (χ3n) is 1.52. The molecule has 0 aliphatic heterocycles. The van der Waals surface area contributed by atoms with Gasteiger partial charge in [-0.25, -0.2) is 4.79 Å². The van der Waals surface area contributed by atoms with Crippen molar-refractivity contribution in [1.29, 1.82) is 0 Å². The minimum absolute atomic E-state index is 0.168. The van der Waals surface area contributed by atoms with Crippen molar-refractivity contribution in [2.24, 2.45) is 0 Å². The molecule has 0 aliphatic rings. The second-order valence-electron chi connectivity index (χ2n) is 2.23. The highest BCUT2D eigenvalue weighted by Crippen LogP contribution is 2.25. The van der Waals surface area contributed by atoms with Crippen molar-refractivity contribution in [1.82, 2.24) is 0 Å². The van der Waals surface area contributed by atoms with Crippen molar-refractivity contribution in [2.75, 3.05) is 12.0 Å². The van der Waals surface area contributed by atoms with Crippen LogP contribution in [-0.4, -0.2) is 17.3 Å². The Morgan fingerprint density at radius 3 is 2.75 bits per heavy atom. The lowest BCUT2D eigenvalue weighted by Crippen LogP contribution is -2.02. The number of carboxylic acids is 1. The zero-order valence-corrected chi connectivity index (χ0v) is 7.39. The largest absolute Gasteiger partial charge is 0.478 e. The molecule has 0 aromatic heterocycles. The Morgan fingerprint density at radius 2 is 2.25 bits per heavy atom. The molecule has 64 valence electrons. The van der Waals surface area contributed by atoms with Gasteiger partial charge >= 0.3 is 5.97 Å². The number of carbonyl (C=O) groups is 1. The topological polar surface area (TPSA) is 63.3 Å². The maximum Gasteiger partial charge on any atom is 0.337 e. The molecule has 0 unspecified atom stereocenters. The summed E-state index contributed by atoms with van der Waals surface area (Å²) >= 11 is 1.44. The molecule has 0 saturated carbocycles. The molecule has 0 heterocycles. The van der Waals surface area contributed by atoms with Crippen molar-refractivity contribution in [2.45, 2.75) is 4.90 Å². The highest BCUT2D eigenvalue weighted by atomic mass is 32.2. The molecule has 3 N–H and O–H groups in total. The van der Waals surface area contributed by atoms with E-state index >= 15 is 0 Å². The number of anilines is 1. The molecular weight excluding hydrogens is 174 g/mol. The lowest BCUT2D eigenvalue weighted by Gasteiger charge is -2.04. The monoisotopic (exact) mass is 183 g/mol. The summed E-state index contributed by atoms with van der Waals surface area (Å²) in [6.45, 7) is 0. The molecule has 0 saturated heterocycles. The van der Waals surface area contributed by atoms with Gasteiger partial charge in [0.1, 0.15) is 0 Å². The quantitative estimate of drug-likeness (QED) is 0.541. The first kappa shape index (κ1) is 8.93. The summed E-state index contributed by atoms with van der Waals surface area (Å²) in [5.74, 6) is -0.983.